The normalized spacial score (nSPS) is 28.5. The SMILES string of the molecule is CCCNC(c1snnc1CC)C1CCC(C)C(C)C1. The molecule has 1 aromatic rings. The summed E-state index contributed by atoms with van der Waals surface area (Å²) < 4.78 is 4.20. The standard InChI is InChI=1S/C16H29N3S/c1-5-9-17-15(16-14(6-2)18-19-20-16)13-8-7-11(3)12(4)10-13/h11-13,15,17H,5-10H2,1-4H3. The maximum atomic E-state index is 4.32. The van der Waals surface area contributed by atoms with E-state index in [4.69, 9.17) is 0 Å². The van der Waals surface area contributed by atoms with Gasteiger partial charge in [0.05, 0.1) is 10.6 Å². The van der Waals surface area contributed by atoms with Crippen molar-refractivity contribution < 1.29 is 0 Å². The topological polar surface area (TPSA) is 37.8 Å². The lowest BCUT2D eigenvalue weighted by Gasteiger charge is -2.37. The molecule has 0 saturated heterocycles. The third-order valence-electron chi connectivity index (χ3n) is 4.93. The first kappa shape index (κ1) is 15.9. The first-order valence-electron chi connectivity index (χ1n) is 8.21. The fourth-order valence-electron chi connectivity index (χ4n) is 3.36. The van der Waals surface area contributed by atoms with E-state index in [9.17, 15) is 0 Å². The van der Waals surface area contributed by atoms with Crippen LogP contribution in [0, 0.1) is 17.8 Å². The Morgan fingerprint density at radius 1 is 1.25 bits per heavy atom. The van der Waals surface area contributed by atoms with Crippen molar-refractivity contribution in [3.63, 3.8) is 0 Å². The molecule has 0 bridgehead atoms. The first-order valence-corrected chi connectivity index (χ1v) is 8.99. The first-order chi connectivity index (χ1) is 9.67. The summed E-state index contributed by atoms with van der Waals surface area (Å²) in [5.74, 6) is 2.47. The summed E-state index contributed by atoms with van der Waals surface area (Å²) in [6, 6.07) is 0.472. The maximum Gasteiger partial charge on any atom is 0.0801 e. The molecule has 4 heteroatoms. The van der Waals surface area contributed by atoms with E-state index in [1.54, 1.807) is 11.5 Å². The van der Waals surface area contributed by atoms with Gasteiger partial charge in [0.25, 0.3) is 0 Å². The van der Waals surface area contributed by atoms with Crippen LogP contribution in [0.5, 0.6) is 0 Å². The predicted octanol–water partition coefficient (Wildman–Crippen LogP) is 4.21. The number of aryl methyl sites for hydroxylation is 1. The zero-order chi connectivity index (χ0) is 14.5. The highest BCUT2D eigenvalue weighted by molar-refractivity contribution is 7.05. The number of hydrogen-bond acceptors (Lipinski definition) is 4. The van der Waals surface area contributed by atoms with E-state index < -0.39 is 0 Å². The van der Waals surface area contributed by atoms with Crippen LogP contribution in [-0.2, 0) is 6.42 Å². The fourth-order valence-corrected chi connectivity index (χ4v) is 4.27. The largest absolute Gasteiger partial charge is 0.309 e. The van der Waals surface area contributed by atoms with Crippen molar-refractivity contribution in [3.05, 3.63) is 10.6 Å². The van der Waals surface area contributed by atoms with Crippen molar-refractivity contribution in [3.8, 4) is 0 Å². The van der Waals surface area contributed by atoms with Crippen LogP contribution < -0.4 is 5.32 Å². The number of nitrogens with zero attached hydrogens (tertiary/aromatic N) is 2. The smallest absolute Gasteiger partial charge is 0.0801 e. The van der Waals surface area contributed by atoms with Gasteiger partial charge in [-0.05, 0) is 61.5 Å². The molecule has 1 N–H and O–H groups in total. The summed E-state index contributed by atoms with van der Waals surface area (Å²) >= 11 is 1.60. The van der Waals surface area contributed by atoms with Gasteiger partial charge in [-0.2, -0.15) is 0 Å². The summed E-state index contributed by atoms with van der Waals surface area (Å²) in [6.45, 7) is 10.3. The van der Waals surface area contributed by atoms with Crippen LogP contribution in [0.15, 0.2) is 0 Å². The Balaban J connectivity index is 2.15. The van der Waals surface area contributed by atoms with Gasteiger partial charge in [-0.1, -0.05) is 38.6 Å². The summed E-state index contributed by atoms with van der Waals surface area (Å²) in [5.41, 5.74) is 1.20. The van der Waals surface area contributed by atoms with Crippen LogP contribution in [0.25, 0.3) is 0 Å². The highest BCUT2D eigenvalue weighted by Gasteiger charge is 2.32. The summed E-state index contributed by atoms with van der Waals surface area (Å²) in [4.78, 5) is 1.40. The Morgan fingerprint density at radius 3 is 2.70 bits per heavy atom. The summed E-state index contributed by atoms with van der Waals surface area (Å²) in [5, 5.41) is 8.10. The van der Waals surface area contributed by atoms with Crippen molar-refractivity contribution >= 4 is 11.5 Å². The molecule has 20 heavy (non-hydrogen) atoms. The van der Waals surface area contributed by atoms with E-state index in [-0.39, 0.29) is 0 Å². The Bertz CT molecular complexity index is 404. The van der Waals surface area contributed by atoms with Gasteiger partial charge in [-0.3, -0.25) is 0 Å². The number of aromatic nitrogens is 2. The van der Waals surface area contributed by atoms with Crippen molar-refractivity contribution in [1.29, 1.82) is 0 Å². The van der Waals surface area contributed by atoms with Crippen LogP contribution in [-0.4, -0.2) is 16.1 Å². The van der Waals surface area contributed by atoms with Crippen LogP contribution in [0.1, 0.15) is 70.0 Å². The van der Waals surface area contributed by atoms with Gasteiger partial charge in [0.1, 0.15) is 0 Å². The molecule has 1 aliphatic rings. The van der Waals surface area contributed by atoms with Gasteiger partial charge in [-0.15, -0.1) is 5.10 Å². The van der Waals surface area contributed by atoms with Crippen molar-refractivity contribution in [2.24, 2.45) is 17.8 Å². The van der Waals surface area contributed by atoms with Gasteiger partial charge in [0.2, 0.25) is 0 Å². The van der Waals surface area contributed by atoms with Gasteiger partial charge >= 0.3 is 0 Å². The Kier molecular flexibility index (Phi) is 5.97. The van der Waals surface area contributed by atoms with E-state index in [1.807, 2.05) is 0 Å². The molecule has 114 valence electrons. The van der Waals surface area contributed by atoms with Crippen LogP contribution in [0.3, 0.4) is 0 Å². The highest BCUT2D eigenvalue weighted by Crippen LogP contribution is 2.41. The van der Waals surface area contributed by atoms with Crippen molar-refractivity contribution in [1.82, 2.24) is 14.9 Å². The van der Waals surface area contributed by atoms with Gasteiger partial charge < -0.3 is 5.32 Å². The quantitative estimate of drug-likeness (QED) is 0.854. The minimum atomic E-state index is 0.472. The van der Waals surface area contributed by atoms with Crippen LogP contribution in [0.2, 0.25) is 0 Å². The van der Waals surface area contributed by atoms with Crippen LogP contribution in [0.4, 0.5) is 0 Å². The molecule has 1 heterocycles. The molecule has 1 saturated carbocycles. The van der Waals surface area contributed by atoms with E-state index in [2.05, 4.69) is 42.6 Å². The molecule has 0 aliphatic heterocycles. The molecule has 0 aromatic carbocycles. The van der Waals surface area contributed by atoms with E-state index in [1.165, 1.54) is 36.3 Å². The van der Waals surface area contributed by atoms with Gasteiger partial charge in [0, 0.05) is 6.04 Å². The highest BCUT2D eigenvalue weighted by atomic mass is 32.1. The summed E-state index contributed by atoms with van der Waals surface area (Å²) in [6.07, 6.45) is 6.22. The Morgan fingerprint density at radius 2 is 2.05 bits per heavy atom. The Labute approximate surface area is 127 Å². The van der Waals surface area contributed by atoms with Gasteiger partial charge in [0.15, 0.2) is 0 Å². The molecular formula is C16H29N3S. The zero-order valence-corrected chi connectivity index (χ0v) is 14.2. The Hall–Kier alpha value is -0.480. The van der Waals surface area contributed by atoms with E-state index >= 15 is 0 Å². The third kappa shape index (κ3) is 3.59. The number of rotatable bonds is 6. The molecule has 4 atom stereocenters. The lowest BCUT2D eigenvalue weighted by atomic mass is 9.73. The molecular weight excluding hydrogens is 266 g/mol. The van der Waals surface area contributed by atoms with Gasteiger partial charge in [-0.25, -0.2) is 0 Å². The minimum Gasteiger partial charge on any atom is -0.309 e. The number of hydrogen-bond donors (Lipinski definition) is 1. The van der Waals surface area contributed by atoms with E-state index in [0.717, 1.165) is 30.7 Å². The van der Waals surface area contributed by atoms with E-state index in [0.29, 0.717) is 6.04 Å². The van der Waals surface area contributed by atoms with Crippen molar-refractivity contribution in [2.75, 3.05) is 6.54 Å². The molecule has 0 spiro atoms. The second-order valence-corrected chi connectivity index (χ2v) is 7.18. The molecule has 4 unspecified atom stereocenters. The molecule has 1 aliphatic carbocycles. The lowest BCUT2D eigenvalue weighted by Crippen LogP contribution is -2.33. The molecule has 3 nitrogen and oxygen atoms in total. The van der Waals surface area contributed by atoms with Crippen molar-refractivity contribution in [2.45, 2.75) is 65.8 Å². The maximum absolute atomic E-state index is 4.32. The second-order valence-electron chi connectivity index (χ2n) is 6.40. The number of nitrogens with one attached hydrogen (secondary N) is 1. The lowest BCUT2D eigenvalue weighted by molar-refractivity contribution is 0.172. The average molecular weight is 295 g/mol. The molecule has 1 aromatic heterocycles. The fraction of sp³-hybridized carbons (Fsp3) is 0.875. The second kappa shape index (κ2) is 7.51. The molecule has 2 rings (SSSR count). The predicted molar refractivity (Wildman–Crippen MR) is 86.0 cm³/mol. The zero-order valence-electron chi connectivity index (χ0n) is 13.4. The average Bonchev–Trinajstić information content (AvgIpc) is 2.91. The molecule has 1 fully saturated rings. The summed E-state index contributed by atoms with van der Waals surface area (Å²) in [7, 11) is 0. The monoisotopic (exact) mass is 295 g/mol. The third-order valence-corrected chi connectivity index (χ3v) is 5.78. The molecule has 0 amide bonds. The minimum absolute atomic E-state index is 0.472. The molecule has 0 radical (unpaired) electrons. The van der Waals surface area contributed by atoms with Crippen LogP contribution >= 0.6 is 11.5 Å².